The lowest BCUT2D eigenvalue weighted by atomic mass is 9.95. The largest absolute Gasteiger partial charge is 0.367 e. The lowest BCUT2D eigenvalue weighted by Gasteiger charge is -2.23. The summed E-state index contributed by atoms with van der Waals surface area (Å²) in [6.45, 7) is 0. The van der Waals surface area contributed by atoms with Crippen LogP contribution in [0, 0.1) is 0 Å². The molecule has 1 aliphatic rings. The Balaban J connectivity index is 2.00. The fourth-order valence-electron chi connectivity index (χ4n) is 2.21. The minimum Gasteiger partial charge on any atom is -0.367 e. The van der Waals surface area contributed by atoms with Gasteiger partial charge in [0.2, 0.25) is 0 Å². The van der Waals surface area contributed by atoms with Crippen LogP contribution < -0.4 is 10.2 Å². The van der Waals surface area contributed by atoms with E-state index < -0.39 is 0 Å². The van der Waals surface area contributed by atoms with E-state index in [-0.39, 0.29) is 0 Å². The van der Waals surface area contributed by atoms with Gasteiger partial charge < -0.3 is 10.2 Å². The first-order valence-electron chi connectivity index (χ1n) is 6.16. The molecule has 1 heterocycles. The minimum absolute atomic E-state index is 0.624. The van der Waals surface area contributed by atoms with Crippen molar-refractivity contribution < 1.29 is 0 Å². The molecule has 0 bridgehead atoms. The van der Waals surface area contributed by atoms with Crippen molar-refractivity contribution in [2.45, 2.75) is 38.1 Å². The van der Waals surface area contributed by atoms with Crippen LogP contribution >= 0.6 is 0 Å². The third-order valence-electron chi connectivity index (χ3n) is 3.15. The summed E-state index contributed by atoms with van der Waals surface area (Å²) in [5.74, 6) is 2.03. The van der Waals surface area contributed by atoms with Crippen LogP contribution in [0.1, 0.15) is 32.1 Å². The van der Waals surface area contributed by atoms with Gasteiger partial charge in [-0.05, 0) is 25.0 Å². The monoisotopic (exact) mass is 219 g/mol. The standard InChI is InChI=1S/C13H21N3/c1-16(2)13-10-6-9-12(15-13)14-11-7-4-3-5-8-11/h6,9-11H,3-5,7-8H2,1-2H3,(H,14,15). The van der Waals surface area contributed by atoms with E-state index in [2.05, 4.69) is 22.4 Å². The predicted molar refractivity (Wildman–Crippen MR) is 69.1 cm³/mol. The molecule has 0 atom stereocenters. The van der Waals surface area contributed by atoms with E-state index in [4.69, 9.17) is 0 Å². The van der Waals surface area contributed by atoms with Crippen molar-refractivity contribution >= 4 is 11.6 Å². The van der Waals surface area contributed by atoms with E-state index in [1.807, 2.05) is 25.1 Å². The molecule has 2 rings (SSSR count). The van der Waals surface area contributed by atoms with Crippen molar-refractivity contribution in [1.82, 2.24) is 4.98 Å². The van der Waals surface area contributed by atoms with Gasteiger partial charge in [-0.1, -0.05) is 25.3 Å². The lowest BCUT2D eigenvalue weighted by Crippen LogP contribution is -2.23. The number of aromatic nitrogens is 1. The molecule has 0 saturated heterocycles. The Bertz CT molecular complexity index is 330. The van der Waals surface area contributed by atoms with Crippen LogP contribution in [0.3, 0.4) is 0 Å². The van der Waals surface area contributed by atoms with Crippen molar-refractivity contribution in [2.24, 2.45) is 0 Å². The lowest BCUT2D eigenvalue weighted by molar-refractivity contribution is 0.462. The second-order valence-corrected chi connectivity index (χ2v) is 4.75. The van der Waals surface area contributed by atoms with Crippen LogP contribution in [-0.4, -0.2) is 25.1 Å². The van der Waals surface area contributed by atoms with Gasteiger partial charge in [0.1, 0.15) is 11.6 Å². The quantitative estimate of drug-likeness (QED) is 0.847. The summed E-state index contributed by atoms with van der Waals surface area (Å²) in [4.78, 5) is 6.61. The smallest absolute Gasteiger partial charge is 0.130 e. The molecule has 1 fully saturated rings. The molecule has 0 aliphatic heterocycles. The predicted octanol–water partition coefficient (Wildman–Crippen LogP) is 2.89. The van der Waals surface area contributed by atoms with Gasteiger partial charge in [-0.3, -0.25) is 0 Å². The van der Waals surface area contributed by atoms with Crippen molar-refractivity contribution in [2.75, 3.05) is 24.3 Å². The number of rotatable bonds is 3. The highest BCUT2D eigenvalue weighted by Crippen LogP contribution is 2.21. The number of hydrogen-bond donors (Lipinski definition) is 1. The summed E-state index contributed by atoms with van der Waals surface area (Å²) >= 11 is 0. The Kier molecular flexibility index (Phi) is 3.65. The SMILES string of the molecule is CN(C)c1cccc(NC2CCCCC2)n1. The molecule has 1 saturated carbocycles. The Morgan fingerprint density at radius 3 is 2.62 bits per heavy atom. The Hall–Kier alpha value is -1.25. The third-order valence-corrected chi connectivity index (χ3v) is 3.15. The van der Waals surface area contributed by atoms with Gasteiger partial charge in [-0.25, -0.2) is 4.98 Å². The van der Waals surface area contributed by atoms with Gasteiger partial charge in [0, 0.05) is 20.1 Å². The van der Waals surface area contributed by atoms with Crippen LogP contribution in [0.25, 0.3) is 0 Å². The summed E-state index contributed by atoms with van der Waals surface area (Å²) in [6, 6.07) is 6.78. The molecular formula is C13H21N3. The van der Waals surface area contributed by atoms with Crippen LogP contribution in [-0.2, 0) is 0 Å². The van der Waals surface area contributed by atoms with Crippen LogP contribution in [0.2, 0.25) is 0 Å². The maximum absolute atomic E-state index is 4.58. The zero-order valence-electron chi connectivity index (χ0n) is 10.2. The zero-order chi connectivity index (χ0) is 11.4. The Labute approximate surface area is 97.9 Å². The first-order chi connectivity index (χ1) is 7.75. The van der Waals surface area contributed by atoms with Crippen molar-refractivity contribution in [3.8, 4) is 0 Å². The molecule has 3 nitrogen and oxygen atoms in total. The fraction of sp³-hybridized carbons (Fsp3) is 0.615. The molecule has 16 heavy (non-hydrogen) atoms. The van der Waals surface area contributed by atoms with Crippen molar-refractivity contribution in [3.05, 3.63) is 18.2 Å². The molecular weight excluding hydrogens is 198 g/mol. The van der Waals surface area contributed by atoms with Crippen LogP contribution in [0.5, 0.6) is 0 Å². The molecule has 0 radical (unpaired) electrons. The summed E-state index contributed by atoms with van der Waals surface area (Å²) < 4.78 is 0. The molecule has 1 aromatic heterocycles. The fourth-order valence-corrected chi connectivity index (χ4v) is 2.21. The van der Waals surface area contributed by atoms with Crippen molar-refractivity contribution in [1.29, 1.82) is 0 Å². The van der Waals surface area contributed by atoms with E-state index in [1.165, 1.54) is 32.1 Å². The van der Waals surface area contributed by atoms with Gasteiger partial charge in [0.25, 0.3) is 0 Å². The number of anilines is 2. The number of hydrogen-bond acceptors (Lipinski definition) is 3. The summed E-state index contributed by atoms with van der Waals surface area (Å²) in [5.41, 5.74) is 0. The molecule has 1 aliphatic carbocycles. The van der Waals surface area contributed by atoms with E-state index in [0.29, 0.717) is 6.04 Å². The van der Waals surface area contributed by atoms with E-state index >= 15 is 0 Å². The highest BCUT2D eigenvalue weighted by molar-refractivity contribution is 5.46. The van der Waals surface area contributed by atoms with Crippen LogP contribution in [0.4, 0.5) is 11.6 Å². The highest BCUT2D eigenvalue weighted by Gasteiger charge is 2.13. The highest BCUT2D eigenvalue weighted by atomic mass is 15.2. The number of pyridine rings is 1. The second kappa shape index (κ2) is 5.19. The topological polar surface area (TPSA) is 28.2 Å². The first kappa shape index (κ1) is 11.2. The normalized spacial score (nSPS) is 17.1. The molecule has 3 heteroatoms. The maximum atomic E-state index is 4.58. The maximum Gasteiger partial charge on any atom is 0.130 e. The number of nitrogens with one attached hydrogen (secondary N) is 1. The average Bonchev–Trinajstić information content (AvgIpc) is 2.30. The Morgan fingerprint density at radius 1 is 1.19 bits per heavy atom. The van der Waals surface area contributed by atoms with Gasteiger partial charge in [0.05, 0.1) is 0 Å². The van der Waals surface area contributed by atoms with Gasteiger partial charge in [-0.2, -0.15) is 0 Å². The summed E-state index contributed by atoms with van der Waals surface area (Å²) in [7, 11) is 4.04. The van der Waals surface area contributed by atoms with Crippen molar-refractivity contribution in [3.63, 3.8) is 0 Å². The Morgan fingerprint density at radius 2 is 1.94 bits per heavy atom. The van der Waals surface area contributed by atoms with E-state index in [9.17, 15) is 0 Å². The molecule has 0 unspecified atom stereocenters. The molecule has 0 aromatic carbocycles. The van der Waals surface area contributed by atoms with Gasteiger partial charge in [0.15, 0.2) is 0 Å². The molecule has 0 spiro atoms. The van der Waals surface area contributed by atoms with E-state index in [1.54, 1.807) is 0 Å². The third kappa shape index (κ3) is 2.87. The second-order valence-electron chi connectivity index (χ2n) is 4.75. The minimum atomic E-state index is 0.624. The molecule has 1 aromatic rings. The van der Waals surface area contributed by atoms with Crippen LogP contribution in [0.15, 0.2) is 18.2 Å². The first-order valence-corrected chi connectivity index (χ1v) is 6.16. The zero-order valence-corrected chi connectivity index (χ0v) is 10.2. The molecule has 0 amide bonds. The molecule has 1 N–H and O–H groups in total. The average molecular weight is 219 g/mol. The van der Waals surface area contributed by atoms with E-state index in [0.717, 1.165) is 11.6 Å². The summed E-state index contributed by atoms with van der Waals surface area (Å²) in [6.07, 6.45) is 6.67. The van der Waals surface area contributed by atoms with Gasteiger partial charge >= 0.3 is 0 Å². The number of nitrogens with zero attached hydrogens (tertiary/aromatic N) is 2. The van der Waals surface area contributed by atoms with Gasteiger partial charge in [-0.15, -0.1) is 0 Å². The summed E-state index contributed by atoms with van der Waals surface area (Å²) in [5, 5.41) is 3.54. The molecule has 88 valence electrons.